The Hall–Kier alpha value is -5.45. The largest absolute Gasteiger partial charge is 0.203 e. The molecule has 4 bridgehead atoms. The van der Waals surface area contributed by atoms with E-state index in [2.05, 4.69) is 386 Å². The van der Waals surface area contributed by atoms with Crippen LogP contribution in [-0.4, -0.2) is 0 Å². The summed E-state index contributed by atoms with van der Waals surface area (Å²) in [5, 5.41) is 0.877. The molecule has 0 saturated heterocycles. The van der Waals surface area contributed by atoms with Crippen molar-refractivity contribution in [3.05, 3.63) is 244 Å². The van der Waals surface area contributed by atoms with Crippen molar-refractivity contribution in [2.45, 2.75) is 398 Å². The Labute approximate surface area is 706 Å². The van der Waals surface area contributed by atoms with Crippen molar-refractivity contribution in [2.75, 3.05) is 0 Å². The van der Waals surface area contributed by atoms with Crippen LogP contribution in [0, 0.1) is 111 Å². The highest BCUT2D eigenvalue weighted by Gasteiger charge is 2.55. The Balaban J connectivity index is 0.000000437. The quantitative estimate of drug-likeness (QED) is 0.0919. The van der Waals surface area contributed by atoms with E-state index in [1.54, 1.807) is 64.9 Å². The molecule has 114 heavy (non-hydrogen) atoms. The molecule has 0 N–H and O–H groups in total. The molecule has 0 radical (unpaired) electrons. The van der Waals surface area contributed by atoms with E-state index in [0.29, 0.717) is 28.1 Å². The van der Waals surface area contributed by atoms with Crippen LogP contribution in [0.4, 0.5) is 17.6 Å². The molecule has 4 saturated carbocycles. The predicted molar refractivity (Wildman–Crippen MR) is 500 cm³/mol. The summed E-state index contributed by atoms with van der Waals surface area (Å²) < 4.78 is 52.4. The van der Waals surface area contributed by atoms with E-state index in [1.807, 2.05) is 12.1 Å². The van der Waals surface area contributed by atoms with Crippen LogP contribution in [-0.2, 0) is 43.3 Å². The molecular weight excluding hydrogens is 1420 g/mol. The molecule has 0 atom stereocenters. The number of hydrogen-bond donors (Lipinski definition) is 0. The van der Waals surface area contributed by atoms with Gasteiger partial charge in [-0.2, -0.15) is 0 Å². The SMILES string of the molecule is CC(C)(C)C(C)(C)C.CC(C)(C)C12CC3CC(CC(C3)C1)C2.CC(C)(C)c1ccccc1C(C)(C)C.CC(C)c1cccc(C(C)C)c1C(C)(C)C.Cc1c(F)c(F)c(F)c(F)c1C(C)(C)C.Cc1cc(C)cc(C(C)(C)C)c1.Cc1cccc(C)c1C(C)(C)C.Cc1cccc(Cl)c1C(C)(C)C.Cc1ccccc1C(C)(C)C. The van der Waals surface area contributed by atoms with Gasteiger partial charge in [-0.05, 0) is 266 Å². The lowest BCUT2D eigenvalue weighted by Gasteiger charge is -2.62. The van der Waals surface area contributed by atoms with Crippen molar-refractivity contribution in [1.29, 1.82) is 0 Å². The van der Waals surface area contributed by atoms with E-state index in [-0.39, 0.29) is 49.0 Å². The van der Waals surface area contributed by atoms with Crippen LogP contribution in [0.3, 0.4) is 0 Å². The third-order valence-electron chi connectivity index (χ3n) is 24.0. The normalized spacial score (nSPS) is 17.1. The van der Waals surface area contributed by atoms with Crippen molar-refractivity contribution in [1.82, 2.24) is 0 Å². The summed E-state index contributed by atoms with van der Waals surface area (Å²) in [6.07, 6.45) is 9.41. The van der Waals surface area contributed by atoms with Gasteiger partial charge < -0.3 is 0 Å². The Morgan fingerprint density at radius 3 is 0.868 bits per heavy atom. The molecule has 5 heteroatoms. The van der Waals surface area contributed by atoms with E-state index < -0.39 is 28.7 Å². The second-order valence-corrected chi connectivity index (χ2v) is 46.7. The zero-order valence-electron chi connectivity index (χ0n) is 81.6. The Kier molecular flexibility index (Phi) is 37.2. The highest BCUT2D eigenvalue weighted by Crippen LogP contribution is 2.66. The van der Waals surface area contributed by atoms with Crippen molar-refractivity contribution in [3.63, 3.8) is 0 Å². The van der Waals surface area contributed by atoms with Gasteiger partial charge in [0.25, 0.3) is 0 Å². The van der Waals surface area contributed by atoms with E-state index in [4.69, 9.17) is 11.6 Å². The minimum atomic E-state index is -1.75. The van der Waals surface area contributed by atoms with Crippen LogP contribution in [0.1, 0.15) is 401 Å². The van der Waals surface area contributed by atoms with Crippen LogP contribution < -0.4 is 0 Å². The fraction of sp³-hybridized carbons (Fsp3) is 0.615. The van der Waals surface area contributed by atoms with Gasteiger partial charge >= 0.3 is 0 Å². The van der Waals surface area contributed by atoms with Crippen LogP contribution in [0.25, 0.3) is 0 Å². The minimum absolute atomic E-state index is 0.126. The van der Waals surface area contributed by atoms with Gasteiger partial charge in [-0.3, -0.25) is 0 Å². The second kappa shape index (κ2) is 40.5. The first-order valence-electron chi connectivity index (χ1n) is 43.2. The average Bonchev–Trinajstić information content (AvgIpc) is 0.733. The summed E-state index contributed by atoms with van der Waals surface area (Å²) in [6.45, 7) is 96.7. The molecular formula is C109H169ClF4. The monoisotopic (exact) mass is 1590 g/mol. The maximum atomic E-state index is 13.4. The maximum absolute atomic E-state index is 13.4. The van der Waals surface area contributed by atoms with E-state index in [1.165, 1.54) is 84.8 Å². The van der Waals surface area contributed by atoms with Crippen molar-refractivity contribution in [2.24, 2.45) is 39.4 Å². The molecule has 0 aromatic heterocycles. The van der Waals surface area contributed by atoms with Crippen LogP contribution in [0.5, 0.6) is 0 Å². The number of aryl methyl sites for hydroxylation is 6. The first-order valence-corrected chi connectivity index (χ1v) is 43.6. The van der Waals surface area contributed by atoms with Gasteiger partial charge in [-0.15, -0.1) is 0 Å². The first-order chi connectivity index (χ1) is 51.1. The van der Waals surface area contributed by atoms with Crippen molar-refractivity contribution < 1.29 is 17.6 Å². The van der Waals surface area contributed by atoms with Crippen molar-refractivity contribution in [3.8, 4) is 0 Å². The molecule has 7 aromatic rings. The average molecular weight is 1590 g/mol. The van der Waals surface area contributed by atoms with Crippen LogP contribution >= 0.6 is 11.6 Å². The number of halogens is 5. The molecule has 11 rings (SSSR count). The van der Waals surface area contributed by atoms with Crippen molar-refractivity contribution >= 4 is 11.6 Å². The standard InChI is InChI=1S/C16H26.C14H24.C14H22.2C12H18.C11H15Cl.C11H12F4.C11H16.C8H18/c1-11(2)13-9-8-10-14(12(3)4)15(13)16(5,6)7;1-13(2,3)14-7-10-4-11(8-14)6-12(5-10)9-14;1-13(2,3)11-9-7-8-10-12(11)14(4,5)6;1-9-6-10(2)8-11(7-9)12(3,4)5;1-9-7-6-8-10(2)11(9)12(3,4)5;1-8-6-5-7-9(12)10(8)11(2,3)4;1-5-6(11(2,3)4)8(13)10(15)9(14)7(5)12;1-9-7-5-6-8-10(9)11(2,3)4;1-7(2,3)8(4,5)6/h8-12H,1-7H3;10-12H,4-9H2,1-3H3;7-10H,1-6H3;2*6-8H,1-5H3;5-7H,1-4H3;1-4H3;5-8H,1-4H3;1-6H3. The fourth-order valence-corrected chi connectivity index (χ4v) is 17.8. The van der Waals surface area contributed by atoms with E-state index >= 15 is 0 Å². The zero-order valence-corrected chi connectivity index (χ0v) is 82.3. The summed E-state index contributed by atoms with van der Waals surface area (Å²) >= 11 is 6.11. The van der Waals surface area contributed by atoms with Gasteiger partial charge in [0.1, 0.15) is 0 Å². The van der Waals surface area contributed by atoms with Gasteiger partial charge in [-0.25, -0.2) is 17.6 Å². The van der Waals surface area contributed by atoms with Gasteiger partial charge in [-0.1, -0.05) is 394 Å². The summed E-state index contributed by atoms with van der Waals surface area (Å²) in [5.41, 5.74) is 24.1. The molecule has 640 valence electrons. The van der Waals surface area contributed by atoms with Crippen LogP contribution in [0.15, 0.2) is 121 Å². The molecule has 0 amide bonds. The van der Waals surface area contributed by atoms with Gasteiger partial charge in [0, 0.05) is 10.6 Å². The molecule has 4 fully saturated rings. The van der Waals surface area contributed by atoms with E-state index in [9.17, 15) is 17.6 Å². The lowest BCUT2D eigenvalue weighted by molar-refractivity contribution is -0.113. The Morgan fingerprint density at radius 1 is 0.307 bits per heavy atom. The second-order valence-electron chi connectivity index (χ2n) is 46.3. The molecule has 0 aliphatic heterocycles. The molecule has 0 spiro atoms. The summed E-state index contributed by atoms with van der Waals surface area (Å²) in [7, 11) is 0. The number of hydrogen-bond acceptors (Lipinski definition) is 0. The molecule has 4 aliphatic carbocycles. The first kappa shape index (κ1) is 105. The maximum Gasteiger partial charge on any atom is 0.197 e. The Bertz CT molecular complexity index is 3880. The van der Waals surface area contributed by atoms with Crippen LogP contribution in [0.2, 0.25) is 5.02 Å². The topological polar surface area (TPSA) is 0 Å². The van der Waals surface area contributed by atoms with Gasteiger partial charge in [0.05, 0.1) is 0 Å². The predicted octanol–water partition coefficient (Wildman–Crippen LogP) is 35.1. The fourth-order valence-electron chi connectivity index (χ4n) is 17.3. The zero-order chi connectivity index (χ0) is 89.0. The third-order valence-corrected chi connectivity index (χ3v) is 24.4. The lowest BCUT2D eigenvalue weighted by Crippen LogP contribution is -2.51. The summed E-state index contributed by atoms with van der Waals surface area (Å²) in [4.78, 5) is 0. The highest BCUT2D eigenvalue weighted by atomic mass is 35.5. The third kappa shape index (κ3) is 31.0. The summed E-state index contributed by atoms with van der Waals surface area (Å²) in [5.74, 6) is -1.58. The molecule has 0 heterocycles. The Morgan fingerprint density at radius 2 is 0.605 bits per heavy atom. The lowest BCUT2D eigenvalue weighted by atomic mass is 9.43. The smallest absolute Gasteiger partial charge is 0.197 e. The van der Waals surface area contributed by atoms with Gasteiger partial charge in [0.15, 0.2) is 23.3 Å². The highest BCUT2D eigenvalue weighted by molar-refractivity contribution is 6.31. The number of benzene rings is 7. The molecule has 0 unspecified atom stereocenters. The van der Waals surface area contributed by atoms with Gasteiger partial charge in [0.2, 0.25) is 0 Å². The summed E-state index contributed by atoms with van der Waals surface area (Å²) in [6, 6.07) is 43.4. The molecule has 0 nitrogen and oxygen atoms in total. The van der Waals surface area contributed by atoms with E-state index in [0.717, 1.165) is 28.2 Å². The molecule has 4 aliphatic rings. The minimum Gasteiger partial charge on any atom is -0.203 e. The molecule has 7 aromatic carbocycles. The number of rotatable bonds is 2.